The number of aromatic nitrogens is 2. The molecule has 0 radical (unpaired) electrons. The molecule has 1 saturated heterocycles. The maximum Gasteiger partial charge on any atom is 0.320 e. The van der Waals surface area contributed by atoms with Gasteiger partial charge in [-0.1, -0.05) is 16.8 Å². The van der Waals surface area contributed by atoms with Crippen molar-refractivity contribution in [1.82, 2.24) is 19.9 Å². The summed E-state index contributed by atoms with van der Waals surface area (Å²) < 4.78 is 4.99. The first kappa shape index (κ1) is 17.6. The number of urea groups is 1. The Morgan fingerprint density at radius 2 is 1.96 bits per heavy atom. The zero-order valence-electron chi connectivity index (χ0n) is 14.7. The number of likely N-dealkylation sites (tertiary alicyclic amines) is 1. The minimum absolute atomic E-state index is 0.0315. The number of amides is 2. The minimum atomic E-state index is 0.0315. The SMILES string of the molecule is N#CC(=C1CCN(C(=O)N2CCc3nocc3C2)CC1)c1ccc(Cl)cn1. The molecule has 4 heterocycles. The Kier molecular flexibility index (Phi) is 4.82. The van der Waals surface area contributed by atoms with Gasteiger partial charge in [-0.3, -0.25) is 4.98 Å². The number of nitriles is 1. The number of pyridine rings is 1. The van der Waals surface area contributed by atoms with Gasteiger partial charge < -0.3 is 14.3 Å². The Balaban J connectivity index is 1.43. The van der Waals surface area contributed by atoms with Crippen LogP contribution in [0.4, 0.5) is 4.79 Å². The third kappa shape index (κ3) is 3.53. The molecule has 138 valence electrons. The highest BCUT2D eigenvalue weighted by Gasteiger charge is 2.29. The average Bonchev–Trinajstić information content (AvgIpc) is 3.18. The van der Waals surface area contributed by atoms with E-state index in [1.807, 2.05) is 9.80 Å². The Labute approximate surface area is 161 Å². The van der Waals surface area contributed by atoms with Gasteiger partial charge in [0.25, 0.3) is 0 Å². The summed E-state index contributed by atoms with van der Waals surface area (Å²) >= 11 is 5.88. The van der Waals surface area contributed by atoms with Gasteiger partial charge in [-0.15, -0.1) is 0 Å². The van der Waals surface area contributed by atoms with E-state index in [0.29, 0.717) is 55.3 Å². The number of halogens is 1. The second-order valence-electron chi connectivity index (χ2n) is 6.68. The Hall–Kier alpha value is -2.85. The fourth-order valence-electron chi connectivity index (χ4n) is 3.56. The van der Waals surface area contributed by atoms with E-state index in [1.54, 1.807) is 24.6 Å². The predicted octanol–water partition coefficient (Wildman–Crippen LogP) is 3.27. The van der Waals surface area contributed by atoms with Crippen LogP contribution in [0.2, 0.25) is 5.02 Å². The summed E-state index contributed by atoms with van der Waals surface area (Å²) in [6.45, 7) is 2.38. The summed E-state index contributed by atoms with van der Waals surface area (Å²) in [7, 11) is 0. The molecule has 0 unspecified atom stereocenters. The molecule has 0 N–H and O–H groups in total. The number of nitrogens with zero attached hydrogens (tertiary/aromatic N) is 5. The van der Waals surface area contributed by atoms with Crippen molar-refractivity contribution in [3.05, 3.63) is 52.1 Å². The van der Waals surface area contributed by atoms with Crippen LogP contribution < -0.4 is 0 Å². The molecule has 0 bridgehead atoms. The van der Waals surface area contributed by atoms with Crippen LogP contribution in [0.1, 0.15) is 29.8 Å². The third-order valence-electron chi connectivity index (χ3n) is 5.07. The van der Waals surface area contributed by atoms with Crippen molar-refractivity contribution in [3.8, 4) is 6.07 Å². The van der Waals surface area contributed by atoms with Crippen LogP contribution in [0.3, 0.4) is 0 Å². The van der Waals surface area contributed by atoms with E-state index in [0.717, 1.165) is 23.3 Å². The monoisotopic (exact) mass is 383 g/mol. The molecule has 2 aliphatic heterocycles. The van der Waals surface area contributed by atoms with Crippen LogP contribution in [-0.2, 0) is 13.0 Å². The summed E-state index contributed by atoms with van der Waals surface area (Å²) in [5, 5.41) is 14.1. The molecule has 4 rings (SSSR count). The lowest BCUT2D eigenvalue weighted by molar-refractivity contribution is 0.144. The highest BCUT2D eigenvalue weighted by Crippen LogP contribution is 2.27. The lowest BCUT2D eigenvalue weighted by atomic mass is 9.96. The molecule has 2 amide bonds. The highest BCUT2D eigenvalue weighted by molar-refractivity contribution is 6.30. The summed E-state index contributed by atoms with van der Waals surface area (Å²) in [5.41, 5.74) is 4.18. The summed E-state index contributed by atoms with van der Waals surface area (Å²) in [4.78, 5) is 20.8. The van der Waals surface area contributed by atoms with Gasteiger partial charge in [-0.05, 0) is 30.5 Å². The molecular formula is C19H18ClN5O2. The van der Waals surface area contributed by atoms with E-state index in [2.05, 4.69) is 16.2 Å². The van der Waals surface area contributed by atoms with Crippen LogP contribution in [0.25, 0.3) is 5.57 Å². The van der Waals surface area contributed by atoms with E-state index in [9.17, 15) is 10.1 Å². The van der Waals surface area contributed by atoms with Gasteiger partial charge in [0.2, 0.25) is 0 Å². The lowest BCUT2D eigenvalue weighted by Crippen LogP contribution is -2.47. The van der Waals surface area contributed by atoms with E-state index in [4.69, 9.17) is 16.1 Å². The van der Waals surface area contributed by atoms with Crippen molar-refractivity contribution < 1.29 is 9.32 Å². The average molecular weight is 384 g/mol. The smallest absolute Gasteiger partial charge is 0.320 e. The molecule has 2 aromatic rings. The molecule has 0 spiro atoms. The van der Waals surface area contributed by atoms with E-state index in [-0.39, 0.29) is 6.03 Å². The van der Waals surface area contributed by atoms with Gasteiger partial charge in [-0.2, -0.15) is 5.26 Å². The van der Waals surface area contributed by atoms with Crippen LogP contribution in [0.15, 0.2) is 34.7 Å². The van der Waals surface area contributed by atoms with Crippen LogP contribution >= 0.6 is 11.6 Å². The Bertz CT molecular complexity index is 918. The maximum absolute atomic E-state index is 12.8. The largest absolute Gasteiger partial charge is 0.364 e. The number of rotatable bonds is 1. The van der Waals surface area contributed by atoms with E-state index < -0.39 is 0 Å². The van der Waals surface area contributed by atoms with Crippen LogP contribution in [0, 0.1) is 11.3 Å². The maximum atomic E-state index is 12.8. The number of hydrogen-bond donors (Lipinski definition) is 0. The molecule has 27 heavy (non-hydrogen) atoms. The van der Waals surface area contributed by atoms with Gasteiger partial charge in [0.05, 0.1) is 28.5 Å². The molecule has 0 atom stereocenters. The normalized spacial score (nSPS) is 16.7. The second-order valence-corrected chi connectivity index (χ2v) is 7.12. The summed E-state index contributed by atoms with van der Waals surface area (Å²) in [5.74, 6) is 0. The second kappa shape index (κ2) is 7.41. The zero-order valence-corrected chi connectivity index (χ0v) is 15.4. The predicted molar refractivity (Wildman–Crippen MR) is 98.6 cm³/mol. The molecular weight excluding hydrogens is 366 g/mol. The lowest BCUT2D eigenvalue weighted by Gasteiger charge is -2.35. The Morgan fingerprint density at radius 1 is 1.19 bits per heavy atom. The minimum Gasteiger partial charge on any atom is -0.364 e. The molecule has 0 aliphatic carbocycles. The molecule has 2 aliphatic rings. The standard InChI is InChI=1S/C19H18ClN5O2/c20-15-1-2-18(22-10-15)16(9-21)13-3-6-24(7-4-13)19(26)25-8-5-17-14(11-25)12-27-23-17/h1-2,10,12H,3-8,11H2. The topological polar surface area (TPSA) is 86.3 Å². The van der Waals surface area contributed by atoms with Gasteiger partial charge in [0, 0.05) is 37.8 Å². The summed E-state index contributed by atoms with van der Waals surface area (Å²) in [6, 6.07) is 5.79. The molecule has 0 aromatic carbocycles. The van der Waals surface area contributed by atoms with E-state index >= 15 is 0 Å². The molecule has 8 heteroatoms. The first-order chi connectivity index (χ1) is 13.2. The van der Waals surface area contributed by atoms with Crippen LogP contribution in [-0.4, -0.2) is 45.6 Å². The fraction of sp³-hybridized carbons (Fsp3) is 0.368. The molecule has 0 saturated carbocycles. The fourth-order valence-corrected chi connectivity index (χ4v) is 3.67. The van der Waals surface area contributed by atoms with Gasteiger partial charge in [0.1, 0.15) is 12.3 Å². The van der Waals surface area contributed by atoms with Crippen molar-refractivity contribution in [2.24, 2.45) is 0 Å². The van der Waals surface area contributed by atoms with Crippen molar-refractivity contribution in [3.63, 3.8) is 0 Å². The Morgan fingerprint density at radius 3 is 2.67 bits per heavy atom. The van der Waals surface area contributed by atoms with Gasteiger partial charge >= 0.3 is 6.03 Å². The first-order valence-electron chi connectivity index (χ1n) is 8.85. The quantitative estimate of drug-likeness (QED) is 0.705. The first-order valence-corrected chi connectivity index (χ1v) is 9.23. The number of carbonyl (C=O) groups is 1. The number of fused-ring (bicyclic) bond motifs is 1. The summed E-state index contributed by atoms with van der Waals surface area (Å²) in [6.07, 6.45) is 5.22. The number of allylic oxidation sites excluding steroid dienone is 1. The molecule has 2 aromatic heterocycles. The number of piperidine rings is 1. The molecule has 7 nitrogen and oxygen atoms in total. The van der Waals surface area contributed by atoms with Gasteiger partial charge in [-0.25, -0.2) is 4.79 Å². The van der Waals surface area contributed by atoms with Crippen molar-refractivity contribution >= 4 is 23.2 Å². The van der Waals surface area contributed by atoms with Crippen LogP contribution in [0.5, 0.6) is 0 Å². The zero-order chi connectivity index (χ0) is 18.8. The van der Waals surface area contributed by atoms with Crippen molar-refractivity contribution in [2.75, 3.05) is 19.6 Å². The number of carbonyl (C=O) groups excluding carboxylic acids is 1. The van der Waals surface area contributed by atoms with E-state index in [1.165, 1.54) is 0 Å². The van der Waals surface area contributed by atoms with Crippen molar-refractivity contribution in [2.45, 2.75) is 25.8 Å². The van der Waals surface area contributed by atoms with Crippen molar-refractivity contribution in [1.29, 1.82) is 5.26 Å². The third-order valence-corrected chi connectivity index (χ3v) is 5.29. The number of hydrogen-bond acceptors (Lipinski definition) is 5. The van der Waals surface area contributed by atoms with Gasteiger partial charge in [0.15, 0.2) is 0 Å². The molecule has 1 fully saturated rings. The highest BCUT2D eigenvalue weighted by atomic mass is 35.5.